The molecule has 1 unspecified atom stereocenters. The van der Waals surface area contributed by atoms with Crippen molar-refractivity contribution in [3.63, 3.8) is 0 Å². The van der Waals surface area contributed by atoms with E-state index in [-0.39, 0.29) is 5.91 Å². The van der Waals surface area contributed by atoms with Crippen molar-refractivity contribution in [1.82, 2.24) is 19.9 Å². The number of aliphatic hydroxyl groups is 2. The number of hydrogen-bond donors (Lipinski definition) is 3. The zero-order chi connectivity index (χ0) is 21.6. The molecule has 9 heteroatoms. The van der Waals surface area contributed by atoms with Gasteiger partial charge in [0, 0.05) is 43.7 Å². The number of nitrogens with one attached hydrogen (secondary N) is 1. The molecule has 2 aliphatic rings. The number of likely N-dealkylation sites (N-methyl/N-ethyl adjacent to an activating group) is 1. The summed E-state index contributed by atoms with van der Waals surface area (Å²) in [6.45, 7) is 0.963. The molecule has 31 heavy (non-hydrogen) atoms. The Morgan fingerprint density at radius 2 is 2.00 bits per heavy atom. The predicted octanol–water partition coefficient (Wildman–Crippen LogP) is 2.25. The molecule has 1 aliphatic carbocycles. The fourth-order valence-corrected chi connectivity index (χ4v) is 4.52. The van der Waals surface area contributed by atoms with Crippen molar-refractivity contribution >= 4 is 23.2 Å². The van der Waals surface area contributed by atoms with Gasteiger partial charge in [-0.3, -0.25) is 4.79 Å². The third kappa shape index (κ3) is 3.80. The van der Waals surface area contributed by atoms with E-state index >= 15 is 0 Å². The van der Waals surface area contributed by atoms with E-state index in [2.05, 4.69) is 15.3 Å². The van der Waals surface area contributed by atoms with Gasteiger partial charge in [-0.2, -0.15) is 0 Å². The monoisotopic (exact) mass is 437 g/mol. The van der Waals surface area contributed by atoms with Gasteiger partial charge in [0.05, 0.1) is 11.3 Å². The van der Waals surface area contributed by atoms with E-state index in [4.69, 9.17) is 4.98 Å². The maximum Gasteiger partial charge on any atom is 0.258 e. The zero-order valence-corrected chi connectivity index (χ0v) is 17.9. The van der Waals surface area contributed by atoms with Crippen molar-refractivity contribution in [2.45, 2.75) is 30.5 Å². The first-order chi connectivity index (χ1) is 14.9. The van der Waals surface area contributed by atoms with Crippen LogP contribution in [-0.2, 0) is 10.4 Å². The lowest BCUT2D eigenvalue weighted by Gasteiger charge is -2.21. The van der Waals surface area contributed by atoms with Gasteiger partial charge in [0.1, 0.15) is 10.7 Å². The molecule has 3 aromatic rings. The number of carbonyl (C=O) groups is 1. The molecule has 160 valence electrons. The number of aromatic nitrogens is 3. The van der Waals surface area contributed by atoms with Crippen LogP contribution in [0.3, 0.4) is 0 Å². The number of anilines is 1. The maximum atomic E-state index is 12.4. The lowest BCUT2D eigenvalue weighted by atomic mass is 9.91. The first-order valence-electron chi connectivity index (χ1n) is 10.2. The number of rotatable bonds is 6. The summed E-state index contributed by atoms with van der Waals surface area (Å²) >= 11 is 1.47. The summed E-state index contributed by atoms with van der Waals surface area (Å²) in [5.74, 6) is 0.182. The first kappa shape index (κ1) is 20.0. The number of thiazole rings is 1. The summed E-state index contributed by atoms with van der Waals surface area (Å²) in [5.41, 5.74) is 0.721. The normalized spacial score (nSPS) is 22.0. The molecule has 8 nitrogen and oxygen atoms in total. The highest BCUT2D eigenvalue weighted by atomic mass is 32.1. The second-order valence-electron chi connectivity index (χ2n) is 8.30. The summed E-state index contributed by atoms with van der Waals surface area (Å²) in [4.78, 5) is 27.4. The Bertz CT molecular complexity index is 1150. The Hall–Kier alpha value is -2.88. The van der Waals surface area contributed by atoms with Gasteiger partial charge < -0.3 is 20.4 Å². The average Bonchev–Trinajstić information content (AvgIpc) is 3.21. The minimum absolute atomic E-state index is 0.277. The Balaban J connectivity index is 1.38. The van der Waals surface area contributed by atoms with E-state index in [9.17, 15) is 15.0 Å². The third-order valence-electron chi connectivity index (χ3n) is 5.92. The lowest BCUT2D eigenvalue weighted by molar-refractivity contribution is -0.143. The lowest BCUT2D eigenvalue weighted by Crippen LogP contribution is -2.36. The minimum atomic E-state index is -1.48. The van der Waals surface area contributed by atoms with Crippen LogP contribution in [0.4, 0.5) is 5.95 Å². The fourth-order valence-electron chi connectivity index (χ4n) is 3.71. The summed E-state index contributed by atoms with van der Waals surface area (Å²) in [7, 11) is 1.70. The minimum Gasteiger partial charge on any atom is -0.388 e. The van der Waals surface area contributed by atoms with Crippen LogP contribution in [-0.4, -0.2) is 61.7 Å². The SMILES string of the molecule is CN1CCC(O)(c2cccc(-c3nc(-c4ccnc(NCC5(O)CC5)n4)cs3)c2)C1=O. The van der Waals surface area contributed by atoms with Crippen molar-refractivity contribution < 1.29 is 15.0 Å². The van der Waals surface area contributed by atoms with Crippen LogP contribution in [0.2, 0.25) is 0 Å². The molecule has 0 radical (unpaired) electrons. The van der Waals surface area contributed by atoms with Crippen molar-refractivity contribution in [1.29, 1.82) is 0 Å². The fraction of sp³-hybridized carbons (Fsp3) is 0.364. The van der Waals surface area contributed by atoms with Gasteiger partial charge in [-0.25, -0.2) is 15.0 Å². The van der Waals surface area contributed by atoms with Gasteiger partial charge in [0.25, 0.3) is 5.91 Å². The van der Waals surface area contributed by atoms with E-state index in [1.807, 2.05) is 23.6 Å². The number of hydrogen-bond acceptors (Lipinski definition) is 8. The highest BCUT2D eigenvalue weighted by Gasteiger charge is 2.45. The smallest absolute Gasteiger partial charge is 0.258 e. The molecular weight excluding hydrogens is 414 g/mol. The first-order valence-corrected chi connectivity index (χ1v) is 11.1. The summed E-state index contributed by atoms with van der Waals surface area (Å²) < 4.78 is 0. The molecule has 0 bridgehead atoms. The largest absolute Gasteiger partial charge is 0.388 e. The molecule has 1 saturated carbocycles. The second kappa shape index (κ2) is 7.37. The summed E-state index contributed by atoms with van der Waals surface area (Å²) in [6, 6.07) is 9.17. The second-order valence-corrected chi connectivity index (χ2v) is 9.16. The number of carbonyl (C=O) groups excluding carboxylic acids is 1. The molecule has 2 fully saturated rings. The predicted molar refractivity (Wildman–Crippen MR) is 117 cm³/mol. The number of amides is 1. The quantitative estimate of drug-likeness (QED) is 0.542. The van der Waals surface area contributed by atoms with Crippen molar-refractivity contribution in [2.75, 3.05) is 25.5 Å². The van der Waals surface area contributed by atoms with E-state index in [1.54, 1.807) is 30.3 Å². The maximum absolute atomic E-state index is 12.4. The highest BCUT2D eigenvalue weighted by molar-refractivity contribution is 7.13. The third-order valence-corrected chi connectivity index (χ3v) is 6.81. The van der Waals surface area contributed by atoms with E-state index < -0.39 is 11.2 Å². The highest BCUT2D eigenvalue weighted by Crippen LogP contribution is 2.36. The van der Waals surface area contributed by atoms with Crippen molar-refractivity contribution in [2.24, 2.45) is 0 Å². The molecule has 1 amide bonds. The number of nitrogens with zero attached hydrogens (tertiary/aromatic N) is 4. The molecular formula is C22H23N5O3S. The van der Waals surface area contributed by atoms with Gasteiger partial charge >= 0.3 is 0 Å². The van der Waals surface area contributed by atoms with Crippen molar-refractivity contribution in [3.8, 4) is 22.0 Å². The van der Waals surface area contributed by atoms with Gasteiger partial charge in [-0.1, -0.05) is 18.2 Å². The Morgan fingerprint density at radius 1 is 1.16 bits per heavy atom. The van der Waals surface area contributed by atoms with Crippen LogP contribution < -0.4 is 5.32 Å². The van der Waals surface area contributed by atoms with Gasteiger partial charge in [-0.15, -0.1) is 11.3 Å². The topological polar surface area (TPSA) is 111 Å². The van der Waals surface area contributed by atoms with E-state index in [0.717, 1.165) is 29.1 Å². The molecule has 1 aromatic carbocycles. The van der Waals surface area contributed by atoms with Crippen molar-refractivity contribution in [3.05, 3.63) is 47.5 Å². The summed E-state index contributed by atoms with van der Waals surface area (Å²) in [5, 5.41) is 26.7. The number of likely N-dealkylation sites (tertiary alicyclic amines) is 1. The molecule has 3 heterocycles. The average molecular weight is 438 g/mol. The zero-order valence-electron chi connectivity index (χ0n) is 17.1. The molecule has 1 aliphatic heterocycles. The standard InChI is InChI=1S/C22H23N5O3S/c1-27-10-8-22(30,19(27)28)15-4-2-3-14(11-15)18-25-17(12-31-18)16-5-9-23-20(26-16)24-13-21(29)6-7-21/h2-5,9,11-12,29-30H,6-8,10,13H2,1H3,(H,23,24,26). The molecule has 5 rings (SSSR count). The molecule has 0 spiro atoms. The number of benzene rings is 1. The molecule has 1 atom stereocenters. The Morgan fingerprint density at radius 3 is 2.74 bits per heavy atom. The Labute approximate surface area is 183 Å². The van der Waals surface area contributed by atoms with Crippen LogP contribution >= 0.6 is 11.3 Å². The van der Waals surface area contributed by atoms with Gasteiger partial charge in [0.2, 0.25) is 5.95 Å². The van der Waals surface area contributed by atoms with E-state index in [1.165, 1.54) is 11.3 Å². The van der Waals surface area contributed by atoms with Crippen LogP contribution in [0, 0.1) is 0 Å². The van der Waals surface area contributed by atoms with Crippen LogP contribution in [0.15, 0.2) is 41.9 Å². The van der Waals surface area contributed by atoms with Crippen LogP contribution in [0.25, 0.3) is 22.0 Å². The van der Waals surface area contributed by atoms with Crippen LogP contribution in [0.1, 0.15) is 24.8 Å². The summed E-state index contributed by atoms with van der Waals surface area (Å²) in [6.07, 6.45) is 3.64. The van der Waals surface area contributed by atoms with E-state index in [0.29, 0.717) is 36.7 Å². The molecule has 2 aromatic heterocycles. The van der Waals surface area contributed by atoms with Crippen LogP contribution in [0.5, 0.6) is 0 Å². The van der Waals surface area contributed by atoms with Gasteiger partial charge in [-0.05, 0) is 30.5 Å². The van der Waals surface area contributed by atoms with Gasteiger partial charge in [0.15, 0.2) is 5.60 Å². The molecule has 3 N–H and O–H groups in total. The molecule has 1 saturated heterocycles. The Kier molecular flexibility index (Phi) is 4.76.